The molecule has 33 heavy (non-hydrogen) atoms. The standard InChI is InChI=1S/C25H36FN5O2/c1-16(2)8-9-23(32)29-21(14-18(4)31-10-6-5-7-11-31)25(33)27-15-22-28-20-13-17(3)12-19(26)24(20)30-22/h12-13,16,21H,4-11,14-15H2,1-3H3,(H,27,33)(H,28,30)(H,29,32)/t21-/m0/s1. The summed E-state index contributed by atoms with van der Waals surface area (Å²) in [6, 6.07) is 2.53. The molecule has 3 rings (SSSR count). The van der Waals surface area contributed by atoms with Crippen LogP contribution in [-0.4, -0.2) is 45.8 Å². The number of H-pyrrole nitrogens is 1. The Morgan fingerprint density at radius 1 is 1.24 bits per heavy atom. The minimum Gasteiger partial charge on any atom is -0.375 e. The molecule has 1 atom stereocenters. The van der Waals surface area contributed by atoms with Gasteiger partial charge in [0.05, 0.1) is 12.1 Å². The lowest BCUT2D eigenvalue weighted by Gasteiger charge is -2.32. The molecule has 3 N–H and O–H groups in total. The maximum atomic E-state index is 14.1. The molecule has 1 fully saturated rings. The third-order valence-electron chi connectivity index (χ3n) is 6.01. The molecule has 0 unspecified atom stereocenters. The minimum atomic E-state index is -0.720. The molecule has 1 aromatic carbocycles. The van der Waals surface area contributed by atoms with Gasteiger partial charge in [0, 0.05) is 31.6 Å². The second kappa shape index (κ2) is 11.3. The molecular weight excluding hydrogens is 421 g/mol. The van der Waals surface area contributed by atoms with Crippen LogP contribution in [0.1, 0.15) is 63.8 Å². The number of likely N-dealkylation sites (tertiary alicyclic amines) is 1. The molecule has 1 aliphatic heterocycles. The van der Waals surface area contributed by atoms with Crippen molar-refractivity contribution in [1.29, 1.82) is 0 Å². The van der Waals surface area contributed by atoms with Crippen LogP contribution in [-0.2, 0) is 16.1 Å². The van der Waals surface area contributed by atoms with Gasteiger partial charge in [-0.1, -0.05) is 20.4 Å². The summed E-state index contributed by atoms with van der Waals surface area (Å²) in [5, 5.41) is 5.74. The van der Waals surface area contributed by atoms with Crippen LogP contribution in [0.15, 0.2) is 24.4 Å². The van der Waals surface area contributed by atoms with E-state index in [9.17, 15) is 14.0 Å². The molecular formula is C25H36FN5O2. The zero-order valence-corrected chi connectivity index (χ0v) is 20.0. The Hall–Kier alpha value is -2.90. The fraction of sp³-hybridized carbons (Fsp3) is 0.560. The van der Waals surface area contributed by atoms with Crippen LogP contribution >= 0.6 is 0 Å². The predicted octanol–water partition coefficient (Wildman–Crippen LogP) is 3.94. The smallest absolute Gasteiger partial charge is 0.243 e. The molecule has 8 heteroatoms. The van der Waals surface area contributed by atoms with Crippen LogP contribution in [0, 0.1) is 18.7 Å². The zero-order valence-electron chi connectivity index (χ0n) is 20.0. The number of piperidine rings is 1. The number of carbonyl (C=O) groups is 2. The lowest BCUT2D eigenvalue weighted by molar-refractivity contribution is -0.129. The van der Waals surface area contributed by atoms with Crippen molar-refractivity contribution >= 4 is 22.8 Å². The lowest BCUT2D eigenvalue weighted by atomic mass is 10.1. The molecule has 1 aromatic heterocycles. The highest BCUT2D eigenvalue weighted by Gasteiger charge is 2.24. The average molecular weight is 458 g/mol. The SMILES string of the molecule is C=C(C[C@H](NC(=O)CCC(C)C)C(=O)NCc1nc2c(F)cc(C)cc2[nH]1)N1CCCCC1. The molecule has 1 saturated heterocycles. The van der Waals surface area contributed by atoms with Gasteiger partial charge in [-0.2, -0.15) is 0 Å². The molecule has 0 bridgehead atoms. The van der Waals surface area contributed by atoms with Crippen molar-refractivity contribution in [2.24, 2.45) is 5.92 Å². The molecule has 1 aliphatic rings. The summed E-state index contributed by atoms with van der Waals surface area (Å²) in [5.74, 6) is 0.0257. The highest BCUT2D eigenvalue weighted by Crippen LogP contribution is 2.19. The van der Waals surface area contributed by atoms with Crippen molar-refractivity contribution < 1.29 is 14.0 Å². The Balaban J connectivity index is 1.65. The molecule has 7 nitrogen and oxygen atoms in total. The molecule has 0 saturated carbocycles. The summed E-state index contributed by atoms with van der Waals surface area (Å²) in [7, 11) is 0. The van der Waals surface area contributed by atoms with Crippen molar-refractivity contribution in [2.75, 3.05) is 13.1 Å². The highest BCUT2D eigenvalue weighted by molar-refractivity contribution is 5.87. The van der Waals surface area contributed by atoms with Gasteiger partial charge in [0.25, 0.3) is 0 Å². The number of fused-ring (bicyclic) bond motifs is 1. The van der Waals surface area contributed by atoms with Crippen LogP contribution in [0.4, 0.5) is 4.39 Å². The lowest BCUT2D eigenvalue weighted by Crippen LogP contribution is -2.48. The van der Waals surface area contributed by atoms with Crippen LogP contribution in [0.3, 0.4) is 0 Å². The van der Waals surface area contributed by atoms with E-state index in [0.29, 0.717) is 30.1 Å². The topological polar surface area (TPSA) is 90.1 Å². The van der Waals surface area contributed by atoms with E-state index in [1.807, 2.05) is 13.0 Å². The van der Waals surface area contributed by atoms with Gasteiger partial charge < -0.3 is 20.5 Å². The van der Waals surface area contributed by atoms with E-state index in [0.717, 1.165) is 43.6 Å². The fourth-order valence-electron chi connectivity index (χ4n) is 4.11. The van der Waals surface area contributed by atoms with Gasteiger partial charge in [0.15, 0.2) is 5.82 Å². The molecule has 180 valence electrons. The summed E-state index contributed by atoms with van der Waals surface area (Å²) in [6.07, 6.45) is 4.92. The summed E-state index contributed by atoms with van der Waals surface area (Å²) in [5.41, 5.74) is 2.50. The normalized spacial score (nSPS) is 15.0. The van der Waals surface area contributed by atoms with Crippen LogP contribution < -0.4 is 10.6 Å². The van der Waals surface area contributed by atoms with E-state index in [1.165, 1.54) is 12.5 Å². The van der Waals surface area contributed by atoms with Gasteiger partial charge in [0.2, 0.25) is 11.8 Å². The number of halogens is 1. The first-order valence-electron chi connectivity index (χ1n) is 11.9. The maximum absolute atomic E-state index is 14.1. The van der Waals surface area contributed by atoms with E-state index in [-0.39, 0.29) is 23.9 Å². The number of carbonyl (C=O) groups excluding carboxylic acids is 2. The Kier molecular flexibility index (Phi) is 8.47. The second-order valence-electron chi connectivity index (χ2n) is 9.41. The van der Waals surface area contributed by atoms with Crippen molar-refractivity contribution in [1.82, 2.24) is 25.5 Å². The van der Waals surface area contributed by atoms with E-state index >= 15 is 0 Å². The number of nitrogens with zero attached hydrogens (tertiary/aromatic N) is 2. The molecule has 0 aliphatic carbocycles. The molecule has 2 heterocycles. The first kappa shape index (κ1) is 24.7. The van der Waals surface area contributed by atoms with Gasteiger partial charge >= 0.3 is 0 Å². The predicted molar refractivity (Wildman–Crippen MR) is 128 cm³/mol. The Labute approximate surface area is 195 Å². The van der Waals surface area contributed by atoms with Crippen molar-refractivity contribution in [3.05, 3.63) is 41.6 Å². The van der Waals surface area contributed by atoms with Crippen LogP contribution in [0.25, 0.3) is 11.0 Å². The molecule has 0 spiro atoms. The summed E-state index contributed by atoms with van der Waals surface area (Å²) in [4.78, 5) is 35.1. The summed E-state index contributed by atoms with van der Waals surface area (Å²) < 4.78 is 14.1. The molecule has 2 amide bonds. The quantitative estimate of drug-likeness (QED) is 0.504. The first-order valence-corrected chi connectivity index (χ1v) is 11.9. The van der Waals surface area contributed by atoms with Gasteiger partial charge in [-0.15, -0.1) is 0 Å². The first-order chi connectivity index (χ1) is 15.7. The van der Waals surface area contributed by atoms with Gasteiger partial charge in [-0.3, -0.25) is 9.59 Å². The third kappa shape index (κ3) is 7.04. The van der Waals surface area contributed by atoms with Gasteiger partial charge in [-0.25, -0.2) is 9.37 Å². The summed E-state index contributed by atoms with van der Waals surface area (Å²) in [6.45, 7) is 12.1. The van der Waals surface area contributed by atoms with Gasteiger partial charge in [-0.05, 0) is 56.2 Å². The van der Waals surface area contributed by atoms with Crippen molar-refractivity contribution in [3.63, 3.8) is 0 Å². The number of hydrogen-bond donors (Lipinski definition) is 3. The van der Waals surface area contributed by atoms with E-state index in [1.54, 1.807) is 0 Å². The third-order valence-corrected chi connectivity index (χ3v) is 6.01. The van der Waals surface area contributed by atoms with Crippen molar-refractivity contribution in [2.45, 2.75) is 71.9 Å². The number of rotatable bonds is 10. The van der Waals surface area contributed by atoms with E-state index < -0.39 is 11.9 Å². The average Bonchev–Trinajstić information content (AvgIpc) is 3.19. The van der Waals surface area contributed by atoms with Crippen LogP contribution in [0.5, 0.6) is 0 Å². The second-order valence-corrected chi connectivity index (χ2v) is 9.41. The van der Waals surface area contributed by atoms with E-state index in [2.05, 4.69) is 45.9 Å². The number of aryl methyl sites for hydroxylation is 1. The Morgan fingerprint density at radius 2 is 1.97 bits per heavy atom. The molecule has 2 aromatic rings. The highest BCUT2D eigenvalue weighted by atomic mass is 19.1. The number of nitrogens with one attached hydrogen (secondary N) is 3. The summed E-state index contributed by atoms with van der Waals surface area (Å²) >= 11 is 0. The monoisotopic (exact) mass is 457 g/mol. The minimum absolute atomic E-state index is 0.112. The fourth-order valence-corrected chi connectivity index (χ4v) is 4.11. The van der Waals surface area contributed by atoms with Gasteiger partial charge in [0.1, 0.15) is 17.4 Å². The number of aromatic amines is 1. The Morgan fingerprint density at radius 3 is 2.67 bits per heavy atom. The number of benzene rings is 1. The number of amides is 2. The maximum Gasteiger partial charge on any atom is 0.243 e. The number of hydrogen-bond acceptors (Lipinski definition) is 4. The molecule has 0 radical (unpaired) electrons. The largest absolute Gasteiger partial charge is 0.375 e. The Bertz CT molecular complexity index is 994. The number of aromatic nitrogens is 2. The number of imidazole rings is 1. The zero-order chi connectivity index (χ0) is 24.0. The van der Waals surface area contributed by atoms with Crippen molar-refractivity contribution in [3.8, 4) is 0 Å². The van der Waals surface area contributed by atoms with Crippen LogP contribution in [0.2, 0.25) is 0 Å². The van der Waals surface area contributed by atoms with E-state index in [4.69, 9.17) is 0 Å².